The van der Waals surface area contributed by atoms with E-state index in [4.69, 9.17) is 0 Å². The monoisotopic (exact) mass is 305 g/mol. The number of aliphatic hydroxyl groups is 1. The number of rotatable bonds is 3. The van der Waals surface area contributed by atoms with Gasteiger partial charge in [-0.25, -0.2) is 9.97 Å². The van der Waals surface area contributed by atoms with Crippen LogP contribution < -0.4 is 10.5 Å². The van der Waals surface area contributed by atoms with Crippen molar-refractivity contribution in [3.05, 3.63) is 34.4 Å². The zero-order valence-corrected chi connectivity index (χ0v) is 12.4. The third kappa shape index (κ3) is 3.49. The van der Waals surface area contributed by atoms with Crippen LogP contribution in [0.25, 0.3) is 0 Å². The minimum atomic E-state index is -0.524. The second-order valence-corrected chi connectivity index (χ2v) is 5.44. The standard InChI is InChI=1S/C13H19N7O2/c1-9-16-11(18-17-9)7-19-2-3-20(6-10(21)5-19)12-4-13(22)15-8-14-12/h4,8,10,21H,2-3,5-7H2,1H3,(H,14,15,22)(H,16,17,18)/t10-/m0/s1. The summed E-state index contributed by atoms with van der Waals surface area (Å²) >= 11 is 0. The van der Waals surface area contributed by atoms with Gasteiger partial charge in [0.15, 0.2) is 5.82 Å². The van der Waals surface area contributed by atoms with Crippen molar-refractivity contribution >= 4 is 5.82 Å². The number of aryl methyl sites for hydroxylation is 1. The van der Waals surface area contributed by atoms with E-state index in [2.05, 4.69) is 30.0 Å². The predicted molar refractivity (Wildman–Crippen MR) is 79.5 cm³/mol. The third-order valence-electron chi connectivity index (χ3n) is 3.58. The van der Waals surface area contributed by atoms with Crippen LogP contribution in [0.15, 0.2) is 17.2 Å². The lowest BCUT2D eigenvalue weighted by atomic mass is 10.3. The van der Waals surface area contributed by atoms with Gasteiger partial charge in [-0.1, -0.05) is 0 Å². The Morgan fingerprint density at radius 2 is 2.27 bits per heavy atom. The summed E-state index contributed by atoms with van der Waals surface area (Å²) in [5.41, 5.74) is -0.197. The predicted octanol–water partition coefficient (Wildman–Crippen LogP) is -1.12. The normalized spacial score (nSPS) is 20.1. The third-order valence-corrected chi connectivity index (χ3v) is 3.58. The molecule has 3 N–H and O–H groups in total. The second-order valence-electron chi connectivity index (χ2n) is 5.44. The summed E-state index contributed by atoms with van der Waals surface area (Å²) in [4.78, 5) is 26.4. The van der Waals surface area contributed by atoms with Crippen LogP contribution in [-0.2, 0) is 6.54 Å². The van der Waals surface area contributed by atoms with Crippen molar-refractivity contribution in [2.75, 3.05) is 31.1 Å². The smallest absolute Gasteiger partial charge is 0.252 e. The lowest BCUT2D eigenvalue weighted by molar-refractivity contribution is 0.128. The van der Waals surface area contributed by atoms with Crippen LogP contribution >= 0.6 is 0 Å². The summed E-state index contributed by atoms with van der Waals surface area (Å²) < 4.78 is 0. The highest BCUT2D eigenvalue weighted by atomic mass is 16.3. The van der Waals surface area contributed by atoms with Crippen LogP contribution in [0.5, 0.6) is 0 Å². The maximum atomic E-state index is 11.4. The van der Waals surface area contributed by atoms with E-state index in [-0.39, 0.29) is 5.56 Å². The molecule has 0 bridgehead atoms. The Kier molecular flexibility index (Phi) is 4.16. The summed E-state index contributed by atoms with van der Waals surface area (Å²) in [6.07, 6.45) is 0.854. The molecule has 22 heavy (non-hydrogen) atoms. The highest BCUT2D eigenvalue weighted by Gasteiger charge is 2.23. The summed E-state index contributed by atoms with van der Waals surface area (Å²) in [7, 11) is 0. The van der Waals surface area contributed by atoms with Crippen molar-refractivity contribution in [3.63, 3.8) is 0 Å². The molecule has 1 fully saturated rings. The molecule has 0 amide bonds. The van der Waals surface area contributed by atoms with Crippen LogP contribution in [0, 0.1) is 6.92 Å². The van der Waals surface area contributed by atoms with E-state index in [0.29, 0.717) is 37.8 Å². The molecule has 1 saturated heterocycles. The Labute approximate surface area is 127 Å². The van der Waals surface area contributed by atoms with Crippen LogP contribution in [0.4, 0.5) is 5.82 Å². The van der Waals surface area contributed by atoms with Crippen molar-refractivity contribution < 1.29 is 5.11 Å². The largest absolute Gasteiger partial charge is 0.390 e. The molecule has 2 aromatic heterocycles. The van der Waals surface area contributed by atoms with Gasteiger partial charge in [-0.3, -0.25) is 14.8 Å². The molecule has 9 nitrogen and oxygen atoms in total. The quantitative estimate of drug-likeness (QED) is 0.658. The first kappa shape index (κ1) is 14.7. The number of aromatic amines is 2. The number of nitrogens with zero attached hydrogens (tertiary/aromatic N) is 5. The maximum absolute atomic E-state index is 11.4. The first-order valence-electron chi connectivity index (χ1n) is 7.18. The molecule has 3 heterocycles. The van der Waals surface area contributed by atoms with Gasteiger partial charge >= 0.3 is 0 Å². The summed E-state index contributed by atoms with van der Waals surface area (Å²) in [5.74, 6) is 2.07. The van der Waals surface area contributed by atoms with Gasteiger partial charge in [0.25, 0.3) is 5.56 Å². The topological polar surface area (TPSA) is 114 Å². The Bertz CT molecular complexity index is 683. The Morgan fingerprint density at radius 1 is 1.41 bits per heavy atom. The fraction of sp³-hybridized carbons (Fsp3) is 0.538. The van der Waals surface area contributed by atoms with E-state index in [0.717, 1.165) is 12.4 Å². The highest BCUT2D eigenvalue weighted by Crippen LogP contribution is 2.12. The minimum absolute atomic E-state index is 0.197. The molecule has 1 atom stereocenters. The van der Waals surface area contributed by atoms with E-state index < -0.39 is 6.10 Å². The van der Waals surface area contributed by atoms with Crippen LogP contribution in [0.1, 0.15) is 11.6 Å². The summed E-state index contributed by atoms with van der Waals surface area (Å²) in [6, 6.07) is 1.45. The second kappa shape index (κ2) is 6.24. The molecule has 1 aliphatic heterocycles. The van der Waals surface area contributed by atoms with Crippen molar-refractivity contribution in [1.29, 1.82) is 0 Å². The molecule has 0 aliphatic carbocycles. The fourth-order valence-corrected chi connectivity index (χ4v) is 2.60. The van der Waals surface area contributed by atoms with Gasteiger partial charge in [0.1, 0.15) is 11.6 Å². The van der Waals surface area contributed by atoms with Crippen molar-refractivity contribution in [2.45, 2.75) is 19.6 Å². The number of aromatic nitrogens is 5. The van der Waals surface area contributed by atoms with Gasteiger partial charge in [-0.15, -0.1) is 0 Å². The number of nitrogens with one attached hydrogen (secondary N) is 2. The van der Waals surface area contributed by atoms with E-state index in [1.54, 1.807) is 0 Å². The van der Waals surface area contributed by atoms with Gasteiger partial charge in [-0.2, -0.15) is 5.10 Å². The van der Waals surface area contributed by atoms with E-state index in [1.807, 2.05) is 11.8 Å². The molecule has 0 radical (unpaired) electrons. The lowest BCUT2D eigenvalue weighted by Gasteiger charge is -2.22. The van der Waals surface area contributed by atoms with Gasteiger partial charge in [0, 0.05) is 32.2 Å². The average Bonchev–Trinajstić information content (AvgIpc) is 2.78. The van der Waals surface area contributed by atoms with Crippen LogP contribution in [0.3, 0.4) is 0 Å². The zero-order chi connectivity index (χ0) is 15.5. The number of hydrogen-bond acceptors (Lipinski definition) is 7. The van der Waals surface area contributed by atoms with Crippen molar-refractivity contribution in [1.82, 2.24) is 30.0 Å². The van der Waals surface area contributed by atoms with Crippen LogP contribution in [0.2, 0.25) is 0 Å². The number of anilines is 1. The van der Waals surface area contributed by atoms with Crippen LogP contribution in [-0.4, -0.2) is 67.4 Å². The van der Waals surface area contributed by atoms with Gasteiger partial charge < -0.3 is 15.0 Å². The van der Waals surface area contributed by atoms with E-state index in [1.165, 1.54) is 12.4 Å². The first-order valence-corrected chi connectivity index (χ1v) is 7.18. The molecule has 0 spiro atoms. The number of hydrogen-bond donors (Lipinski definition) is 3. The molecule has 1 aliphatic rings. The zero-order valence-electron chi connectivity index (χ0n) is 12.4. The van der Waals surface area contributed by atoms with E-state index >= 15 is 0 Å². The number of H-pyrrole nitrogens is 2. The molecule has 0 unspecified atom stereocenters. The average molecular weight is 305 g/mol. The molecule has 0 aromatic carbocycles. The van der Waals surface area contributed by atoms with E-state index in [9.17, 15) is 9.90 Å². The molecule has 118 valence electrons. The highest BCUT2D eigenvalue weighted by molar-refractivity contribution is 5.37. The molecule has 2 aromatic rings. The van der Waals surface area contributed by atoms with Crippen molar-refractivity contribution in [2.24, 2.45) is 0 Å². The van der Waals surface area contributed by atoms with Crippen molar-refractivity contribution in [3.8, 4) is 0 Å². The maximum Gasteiger partial charge on any atom is 0.252 e. The number of β-amino-alcohol motifs (C(OH)–C–C–N with tert-alkyl or cyclic N) is 1. The molecule has 9 heteroatoms. The molecular formula is C13H19N7O2. The minimum Gasteiger partial charge on any atom is -0.390 e. The molecule has 3 rings (SSSR count). The lowest BCUT2D eigenvalue weighted by Crippen LogP contribution is -2.34. The SMILES string of the molecule is Cc1nc(CN2CCN(c3cc(=O)[nH]cn3)C[C@@H](O)C2)n[nH]1. The first-order chi connectivity index (χ1) is 10.6. The van der Waals surface area contributed by atoms with Gasteiger partial charge in [-0.05, 0) is 6.92 Å². The Balaban J connectivity index is 1.68. The Morgan fingerprint density at radius 3 is 3.00 bits per heavy atom. The van der Waals surface area contributed by atoms with Gasteiger partial charge in [0.2, 0.25) is 0 Å². The number of aliphatic hydroxyl groups excluding tert-OH is 1. The summed E-state index contributed by atoms with van der Waals surface area (Å²) in [6.45, 7) is 4.83. The molecular weight excluding hydrogens is 286 g/mol. The summed E-state index contributed by atoms with van der Waals surface area (Å²) in [5, 5.41) is 17.1. The van der Waals surface area contributed by atoms with Gasteiger partial charge in [0.05, 0.1) is 19.0 Å². The fourth-order valence-electron chi connectivity index (χ4n) is 2.60. The Hall–Kier alpha value is -2.26. The molecule has 0 saturated carbocycles.